The monoisotopic (exact) mass is 591 g/mol. The van der Waals surface area contributed by atoms with Gasteiger partial charge in [0.15, 0.2) is 0 Å². The zero-order chi connectivity index (χ0) is 29.4. The lowest BCUT2D eigenvalue weighted by Crippen LogP contribution is -2.27. The van der Waals surface area contributed by atoms with Crippen molar-refractivity contribution in [2.24, 2.45) is 0 Å². The van der Waals surface area contributed by atoms with Crippen LogP contribution in [0.5, 0.6) is 0 Å². The van der Waals surface area contributed by atoms with Gasteiger partial charge in [-0.2, -0.15) is 0 Å². The SMILES string of the molecule is C[C@@]12CC=C(n3c4ccccc4c4c5sc6ccccc6c5ccc43)c3cccc(c31)-c1ccc3c(c12)-c1ccccc1CC3. The van der Waals surface area contributed by atoms with E-state index in [4.69, 9.17) is 0 Å². The molecule has 2 heterocycles. The molecule has 0 aliphatic heterocycles. The first-order valence-corrected chi connectivity index (χ1v) is 17.0. The predicted molar refractivity (Wildman–Crippen MR) is 192 cm³/mol. The minimum atomic E-state index is -0.0714. The van der Waals surface area contributed by atoms with Gasteiger partial charge < -0.3 is 4.57 Å². The molecule has 0 radical (unpaired) electrons. The van der Waals surface area contributed by atoms with Crippen molar-refractivity contribution in [2.75, 3.05) is 0 Å². The molecule has 0 N–H and O–H groups in total. The van der Waals surface area contributed by atoms with Crippen molar-refractivity contribution in [1.29, 1.82) is 0 Å². The molecule has 0 unspecified atom stereocenters. The molecule has 0 bridgehead atoms. The number of aryl methyl sites for hydroxylation is 2. The summed E-state index contributed by atoms with van der Waals surface area (Å²) in [6.07, 6.45) is 5.78. The van der Waals surface area contributed by atoms with E-state index in [1.807, 2.05) is 11.3 Å². The van der Waals surface area contributed by atoms with Gasteiger partial charge in [0.2, 0.25) is 0 Å². The van der Waals surface area contributed by atoms with E-state index in [2.05, 4.69) is 133 Å². The van der Waals surface area contributed by atoms with Crippen LogP contribution in [0.3, 0.4) is 0 Å². The van der Waals surface area contributed by atoms with Gasteiger partial charge in [0.25, 0.3) is 0 Å². The lowest BCUT2D eigenvalue weighted by Gasteiger charge is -2.36. The molecular formula is C43H29NS. The Morgan fingerprint density at radius 3 is 2.29 bits per heavy atom. The molecule has 0 saturated heterocycles. The third-order valence-corrected chi connectivity index (χ3v) is 12.3. The third-order valence-electron chi connectivity index (χ3n) is 11.1. The zero-order valence-corrected chi connectivity index (χ0v) is 25.8. The summed E-state index contributed by atoms with van der Waals surface area (Å²) in [5.74, 6) is 0. The van der Waals surface area contributed by atoms with Crippen LogP contribution < -0.4 is 0 Å². The summed E-state index contributed by atoms with van der Waals surface area (Å²) in [4.78, 5) is 0. The van der Waals surface area contributed by atoms with E-state index in [9.17, 15) is 0 Å². The third kappa shape index (κ3) is 2.94. The van der Waals surface area contributed by atoms with Gasteiger partial charge in [0, 0.05) is 47.6 Å². The number of hydrogen-bond acceptors (Lipinski definition) is 1. The van der Waals surface area contributed by atoms with E-state index in [0.717, 1.165) is 19.3 Å². The highest BCUT2D eigenvalue weighted by atomic mass is 32.1. The number of fused-ring (bicyclic) bond motifs is 14. The second-order valence-corrected chi connectivity index (χ2v) is 14.4. The van der Waals surface area contributed by atoms with Crippen molar-refractivity contribution in [3.05, 3.63) is 149 Å². The Bertz CT molecular complexity index is 2640. The van der Waals surface area contributed by atoms with Crippen LogP contribution in [0.2, 0.25) is 0 Å². The van der Waals surface area contributed by atoms with E-state index >= 15 is 0 Å². The van der Waals surface area contributed by atoms with Crippen molar-refractivity contribution in [1.82, 2.24) is 4.57 Å². The topological polar surface area (TPSA) is 4.93 Å². The van der Waals surface area contributed by atoms with Crippen molar-refractivity contribution < 1.29 is 0 Å². The summed E-state index contributed by atoms with van der Waals surface area (Å²) in [6.45, 7) is 2.51. The summed E-state index contributed by atoms with van der Waals surface area (Å²) in [7, 11) is 0. The van der Waals surface area contributed by atoms with Crippen molar-refractivity contribution >= 4 is 59.0 Å². The fraction of sp³-hybridized carbons (Fsp3) is 0.116. The number of thiophene rings is 1. The highest BCUT2D eigenvalue weighted by Gasteiger charge is 2.46. The highest BCUT2D eigenvalue weighted by molar-refractivity contribution is 7.26. The van der Waals surface area contributed by atoms with E-state index in [-0.39, 0.29) is 5.41 Å². The molecule has 3 aliphatic rings. The van der Waals surface area contributed by atoms with Gasteiger partial charge in [-0.15, -0.1) is 11.3 Å². The summed E-state index contributed by atoms with van der Waals surface area (Å²) in [6, 6.07) is 43.6. The second kappa shape index (κ2) is 8.41. The van der Waals surface area contributed by atoms with Crippen LogP contribution in [0, 0.1) is 0 Å². The fourth-order valence-corrected chi connectivity index (χ4v) is 10.5. The van der Waals surface area contributed by atoms with Gasteiger partial charge in [-0.05, 0) is 82.0 Å². The molecule has 0 saturated carbocycles. The molecule has 2 aromatic heterocycles. The van der Waals surface area contributed by atoms with Crippen LogP contribution in [0.25, 0.3) is 69.9 Å². The average molecular weight is 592 g/mol. The number of rotatable bonds is 1. The molecule has 0 fully saturated rings. The molecule has 1 atom stereocenters. The lowest BCUT2D eigenvalue weighted by molar-refractivity contribution is 0.587. The first-order valence-electron chi connectivity index (χ1n) is 16.1. The number of para-hydroxylation sites is 1. The Labute approximate surface area is 265 Å². The molecule has 11 rings (SSSR count). The van der Waals surface area contributed by atoms with Crippen LogP contribution in [0.15, 0.2) is 121 Å². The largest absolute Gasteiger partial charge is 0.309 e. The number of hydrogen-bond donors (Lipinski definition) is 0. The van der Waals surface area contributed by atoms with Crippen molar-refractivity contribution in [3.8, 4) is 22.3 Å². The van der Waals surface area contributed by atoms with Crippen molar-refractivity contribution in [2.45, 2.75) is 31.6 Å². The normalized spacial score (nSPS) is 17.8. The fourth-order valence-electron chi connectivity index (χ4n) is 9.24. The molecule has 1 nitrogen and oxygen atoms in total. The van der Waals surface area contributed by atoms with Gasteiger partial charge in [-0.3, -0.25) is 0 Å². The molecule has 0 spiro atoms. The van der Waals surface area contributed by atoms with Gasteiger partial charge in [0.1, 0.15) is 0 Å². The number of benzene rings is 6. The Hall–Kier alpha value is -4.92. The number of nitrogens with zero attached hydrogens (tertiary/aromatic N) is 1. The minimum Gasteiger partial charge on any atom is -0.309 e. The van der Waals surface area contributed by atoms with Crippen LogP contribution in [-0.2, 0) is 18.3 Å². The van der Waals surface area contributed by atoms with Crippen molar-refractivity contribution in [3.63, 3.8) is 0 Å². The Morgan fingerprint density at radius 1 is 0.578 bits per heavy atom. The first kappa shape index (κ1) is 24.4. The Kier molecular flexibility index (Phi) is 4.56. The molecule has 8 aromatic rings. The number of aromatic nitrogens is 1. The summed E-state index contributed by atoms with van der Waals surface area (Å²) in [5.41, 5.74) is 17.0. The van der Waals surface area contributed by atoms with Gasteiger partial charge in [-0.25, -0.2) is 0 Å². The van der Waals surface area contributed by atoms with Crippen LogP contribution in [0.1, 0.15) is 41.2 Å². The minimum absolute atomic E-state index is 0.0714. The summed E-state index contributed by atoms with van der Waals surface area (Å²) < 4.78 is 5.31. The summed E-state index contributed by atoms with van der Waals surface area (Å²) >= 11 is 1.93. The predicted octanol–water partition coefficient (Wildman–Crippen LogP) is 11.5. The van der Waals surface area contributed by atoms with Gasteiger partial charge >= 0.3 is 0 Å². The molecule has 6 aromatic carbocycles. The first-order chi connectivity index (χ1) is 22.2. The Morgan fingerprint density at radius 2 is 1.33 bits per heavy atom. The molecular weight excluding hydrogens is 563 g/mol. The standard InChI is InChI=1S/C43H29NS/c1-43-24-23-35(44-34-15-6-4-12-32(34)39-36(44)22-21-31-28-11-5-7-16-37(28)45-42(31)39)33-14-8-13-29(40(33)43)30-20-19-26-18-17-25-9-2-3-10-27(25)38(26)41(30)43/h2-16,19-23H,17-18,24H2,1H3/t43-/m1/s1. The molecule has 2 heteroatoms. The smallest absolute Gasteiger partial charge is 0.0555 e. The molecule has 0 amide bonds. The maximum absolute atomic E-state index is 2.57. The average Bonchev–Trinajstić information content (AvgIpc) is 3.72. The second-order valence-electron chi connectivity index (χ2n) is 13.3. The molecule has 45 heavy (non-hydrogen) atoms. The lowest BCUT2D eigenvalue weighted by atomic mass is 9.68. The van der Waals surface area contributed by atoms with Crippen LogP contribution >= 0.6 is 11.3 Å². The summed E-state index contributed by atoms with van der Waals surface area (Å²) in [5, 5.41) is 5.42. The van der Waals surface area contributed by atoms with E-state index in [1.54, 1.807) is 5.56 Å². The van der Waals surface area contributed by atoms with E-state index in [0.29, 0.717) is 0 Å². The maximum atomic E-state index is 2.57. The van der Waals surface area contributed by atoms with Crippen LogP contribution in [-0.4, -0.2) is 4.57 Å². The number of allylic oxidation sites excluding steroid dienone is 1. The highest BCUT2D eigenvalue weighted by Crippen LogP contribution is 2.60. The maximum Gasteiger partial charge on any atom is 0.0555 e. The van der Waals surface area contributed by atoms with Gasteiger partial charge in [-0.1, -0.05) is 110 Å². The van der Waals surface area contributed by atoms with E-state index in [1.165, 1.54) is 92.2 Å². The zero-order valence-electron chi connectivity index (χ0n) is 25.0. The quantitative estimate of drug-likeness (QED) is 0.179. The Balaban J connectivity index is 1.20. The molecule has 3 aliphatic carbocycles. The van der Waals surface area contributed by atoms with Crippen LogP contribution in [0.4, 0.5) is 0 Å². The molecule has 212 valence electrons. The van der Waals surface area contributed by atoms with Gasteiger partial charge in [0.05, 0.1) is 11.0 Å². The van der Waals surface area contributed by atoms with E-state index < -0.39 is 0 Å².